The molecule has 2 amide bonds. The Morgan fingerprint density at radius 3 is 2.39 bits per heavy atom. The Kier molecular flexibility index (Phi) is 8.20. The molecule has 12 heteroatoms. The summed E-state index contributed by atoms with van der Waals surface area (Å²) >= 11 is 0. The van der Waals surface area contributed by atoms with Gasteiger partial charge in [-0.05, 0) is 37.3 Å². The first kappa shape index (κ1) is 24.4. The summed E-state index contributed by atoms with van der Waals surface area (Å²) < 4.78 is 56.8. The minimum absolute atomic E-state index is 0.0840. The fourth-order valence-corrected chi connectivity index (χ4v) is 4.49. The van der Waals surface area contributed by atoms with Crippen molar-refractivity contribution >= 4 is 21.8 Å². The second-order valence-corrected chi connectivity index (χ2v) is 8.74. The Morgan fingerprint density at radius 2 is 1.73 bits per heavy atom. The highest BCUT2D eigenvalue weighted by Gasteiger charge is 2.29. The number of nitrogens with zero attached hydrogens (tertiary/aromatic N) is 1. The number of carbonyl (C=O) groups excluding carboxylic acids is 2. The van der Waals surface area contributed by atoms with Crippen LogP contribution in [-0.2, 0) is 19.6 Å². The molecule has 2 aromatic carbocycles. The fraction of sp³-hybridized carbons (Fsp3) is 0.333. The highest BCUT2D eigenvalue weighted by molar-refractivity contribution is 7.89. The van der Waals surface area contributed by atoms with Gasteiger partial charge in [0.1, 0.15) is 10.7 Å². The van der Waals surface area contributed by atoms with Crippen LogP contribution in [0.25, 0.3) is 0 Å². The molecular formula is C21H24FN3O7S. The number of hydrogen-bond acceptors (Lipinski definition) is 7. The van der Waals surface area contributed by atoms with E-state index in [0.29, 0.717) is 18.1 Å². The first-order valence-electron chi connectivity index (χ1n) is 10.1. The van der Waals surface area contributed by atoms with Crippen molar-refractivity contribution in [3.8, 4) is 11.5 Å². The van der Waals surface area contributed by atoms with Crippen molar-refractivity contribution in [2.45, 2.75) is 11.8 Å². The number of benzene rings is 2. The third kappa shape index (κ3) is 6.18. The maximum Gasteiger partial charge on any atom is 0.276 e. The molecule has 0 radical (unpaired) electrons. The van der Waals surface area contributed by atoms with E-state index in [-0.39, 0.29) is 31.9 Å². The summed E-state index contributed by atoms with van der Waals surface area (Å²) in [7, 11) is -4.15. The van der Waals surface area contributed by atoms with Crippen molar-refractivity contribution in [1.82, 2.24) is 15.2 Å². The molecule has 1 aliphatic rings. The van der Waals surface area contributed by atoms with E-state index in [0.717, 1.165) is 22.5 Å². The predicted molar refractivity (Wildman–Crippen MR) is 115 cm³/mol. The van der Waals surface area contributed by atoms with E-state index in [4.69, 9.17) is 14.2 Å². The number of hydrogen-bond donors (Lipinski definition) is 2. The van der Waals surface area contributed by atoms with Gasteiger partial charge in [0.25, 0.3) is 11.8 Å². The maximum atomic E-state index is 14.3. The summed E-state index contributed by atoms with van der Waals surface area (Å²) in [5.74, 6) is -1.65. The molecule has 1 saturated heterocycles. The second-order valence-electron chi connectivity index (χ2n) is 6.83. The third-order valence-electron chi connectivity index (χ3n) is 4.60. The van der Waals surface area contributed by atoms with Crippen LogP contribution in [0.15, 0.2) is 47.4 Å². The molecule has 2 N–H and O–H groups in total. The van der Waals surface area contributed by atoms with Gasteiger partial charge in [0, 0.05) is 18.7 Å². The lowest BCUT2D eigenvalue weighted by Gasteiger charge is -2.26. The van der Waals surface area contributed by atoms with Gasteiger partial charge in [-0.15, -0.1) is 0 Å². The molecular weight excluding hydrogens is 457 g/mol. The lowest BCUT2D eigenvalue weighted by atomic mass is 10.2. The van der Waals surface area contributed by atoms with Crippen LogP contribution in [0.2, 0.25) is 0 Å². The first-order chi connectivity index (χ1) is 15.8. The number of sulfonamides is 1. The number of para-hydroxylation sites is 2. The molecule has 0 bridgehead atoms. The number of rotatable bonds is 8. The SMILES string of the molecule is CCOc1ccccc1OCC(=O)NNC(=O)c1ccc(F)c(S(=O)(=O)N2CCOCC2)c1. The van der Waals surface area contributed by atoms with Gasteiger partial charge in [0.05, 0.1) is 19.8 Å². The zero-order chi connectivity index (χ0) is 23.8. The Balaban J connectivity index is 1.60. The second kappa shape index (κ2) is 11.1. The van der Waals surface area contributed by atoms with Gasteiger partial charge in [0.15, 0.2) is 18.1 Å². The largest absolute Gasteiger partial charge is 0.490 e. The molecule has 178 valence electrons. The van der Waals surface area contributed by atoms with E-state index in [2.05, 4.69) is 10.9 Å². The number of morpholine rings is 1. The number of nitrogens with one attached hydrogen (secondary N) is 2. The van der Waals surface area contributed by atoms with E-state index < -0.39 is 39.2 Å². The fourth-order valence-electron chi connectivity index (χ4n) is 2.99. The summed E-state index contributed by atoms with van der Waals surface area (Å²) in [6.45, 7) is 2.38. The molecule has 3 rings (SSSR count). The molecule has 1 aliphatic heterocycles. The van der Waals surface area contributed by atoms with Crippen molar-refractivity contribution < 1.29 is 36.6 Å². The number of ether oxygens (including phenoxy) is 3. The minimum Gasteiger partial charge on any atom is -0.490 e. The van der Waals surface area contributed by atoms with Crippen molar-refractivity contribution in [1.29, 1.82) is 0 Å². The molecule has 1 heterocycles. The third-order valence-corrected chi connectivity index (χ3v) is 6.52. The van der Waals surface area contributed by atoms with Gasteiger partial charge >= 0.3 is 0 Å². The summed E-state index contributed by atoms with van der Waals surface area (Å²) in [4.78, 5) is 23.8. The van der Waals surface area contributed by atoms with Crippen LogP contribution in [0, 0.1) is 5.82 Å². The smallest absolute Gasteiger partial charge is 0.276 e. The molecule has 1 fully saturated rings. The summed E-state index contributed by atoms with van der Waals surface area (Å²) in [5.41, 5.74) is 4.17. The molecule has 0 spiro atoms. The lowest BCUT2D eigenvalue weighted by molar-refractivity contribution is -0.123. The molecule has 10 nitrogen and oxygen atoms in total. The number of amides is 2. The van der Waals surface area contributed by atoms with Crippen LogP contribution < -0.4 is 20.3 Å². The van der Waals surface area contributed by atoms with Crippen LogP contribution in [0.1, 0.15) is 17.3 Å². The molecule has 0 aromatic heterocycles. The Bertz CT molecular complexity index is 1100. The Morgan fingerprint density at radius 1 is 1.06 bits per heavy atom. The highest BCUT2D eigenvalue weighted by Crippen LogP contribution is 2.26. The normalized spacial score (nSPS) is 14.4. The quantitative estimate of drug-likeness (QED) is 0.541. The number of carbonyl (C=O) groups is 2. The van der Waals surface area contributed by atoms with Crippen molar-refractivity contribution in [3.63, 3.8) is 0 Å². The zero-order valence-electron chi connectivity index (χ0n) is 17.9. The molecule has 0 aliphatic carbocycles. The topological polar surface area (TPSA) is 123 Å². The van der Waals surface area contributed by atoms with E-state index in [1.54, 1.807) is 24.3 Å². The van der Waals surface area contributed by atoms with Crippen LogP contribution in [0.3, 0.4) is 0 Å². The summed E-state index contributed by atoms with van der Waals surface area (Å²) in [6.07, 6.45) is 0. The lowest BCUT2D eigenvalue weighted by Crippen LogP contribution is -2.44. The van der Waals surface area contributed by atoms with Crippen molar-refractivity contribution in [2.75, 3.05) is 39.5 Å². The van der Waals surface area contributed by atoms with Crippen molar-refractivity contribution in [2.24, 2.45) is 0 Å². The standard InChI is InChI=1S/C21H24FN3O7S/c1-2-31-17-5-3-4-6-18(17)32-14-20(26)23-24-21(27)15-7-8-16(22)19(13-15)33(28,29)25-9-11-30-12-10-25/h3-8,13H,2,9-12,14H2,1H3,(H,23,26)(H,24,27). The average Bonchev–Trinajstić information content (AvgIpc) is 2.83. The molecule has 0 saturated carbocycles. The van der Waals surface area contributed by atoms with E-state index >= 15 is 0 Å². The van der Waals surface area contributed by atoms with Gasteiger partial charge in [-0.2, -0.15) is 4.31 Å². The molecule has 0 unspecified atom stereocenters. The van der Waals surface area contributed by atoms with Gasteiger partial charge in [-0.1, -0.05) is 12.1 Å². The van der Waals surface area contributed by atoms with Crippen LogP contribution in [-0.4, -0.2) is 64.1 Å². The zero-order valence-corrected chi connectivity index (χ0v) is 18.7. The van der Waals surface area contributed by atoms with Crippen LogP contribution in [0.5, 0.6) is 11.5 Å². The monoisotopic (exact) mass is 481 g/mol. The van der Waals surface area contributed by atoms with Crippen molar-refractivity contribution in [3.05, 3.63) is 53.8 Å². The number of halogens is 1. The van der Waals surface area contributed by atoms with E-state index in [9.17, 15) is 22.4 Å². The van der Waals surface area contributed by atoms with E-state index in [1.807, 2.05) is 6.92 Å². The molecule has 0 atom stereocenters. The predicted octanol–water partition coefficient (Wildman–Crippen LogP) is 1.09. The van der Waals surface area contributed by atoms with Gasteiger partial charge < -0.3 is 14.2 Å². The average molecular weight is 482 g/mol. The van der Waals surface area contributed by atoms with E-state index in [1.165, 1.54) is 0 Å². The first-order valence-corrected chi connectivity index (χ1v) is 11.6. The Hall–Kier alpha value is -3.22. The Labute approximate surface area is 190 Å². The van der Waals surface area contributed by atoms with Crippen LogP contribution in [0.4, 0.5) is 4.39 Å². The van der Waals surface area contributed by atoms with Gasteiger partial charge in [-0.3, -0.25) is 20.4 Å². The summed E-state index contributed by atoms with van der Waals surface area (Å²) in [5, 5.41) is 0. The minimum atomic E-state index is -4.15. The maximum absolute atomic E-state index is 14.3. The highest BCUT2D eigenvalue weighted by atomic mass is 32.2. The summed E-state index contributed by atoms with van der Waals surface area (Å²) in [6, 6.07) is 9.72. The van der Waals surface area contributed by atoms with Gasteiger partial charge in [-0.25, -0.2) is 12.8 Å². The number of hydrazine groups is 1. The van der Waals surface area contributed by atoms with Crippen LogP contribution >= 0.6 is 0 Å². The van der Waals surface area contributed by atoms with Gasteiger partial charge in [0.2, 0.25) is 10.0 Å². The molecule has 33 heavy (non-hydrogen) atoms. The molecule has 2 aromatic rings.